The number of nitrogens with two attached hydrogens (primary N) is 1. The van der Waals surface area contributed by atoms with Crippen molar-refractivity contribution in [1.29, 1.82) is 0 Å². The van der Waals surface area contributed by atoms with E-state index in [4.69, 9.17) is 22.1 Å². The fourth-order valence-electron chi connectivity index (χ4n) is 0.994. The van der Waals surface area contributed by atoms with Gasteiger partial charge in [-0.2, -0.15) is 0 Å². The molecule has 0 radical (unpaired) electrons. The predicted molar refractivity (Wildman–Crippen MR) is 55.5 cm³/mol. The highest BCUT2D eigenvalue weighted by Crippen LogP contribution is 2.22. The van der Waals surface area contributed by atoms with Crippen molar-refractivity contribution in [2.24, 2.45) is 5.73 Å². The van der Waals surface area contributed by atoms with Gasteiger partial charge in [-0.15, -0.1) is 0 Å². The average molecular weight is 214 g/mol. The quantitative estimate of drug-likeness (QED) is 0.834. The standard InChI is InChI=1S/C10H12ClNO2/c1-6-5-8(11)3-4-9(6)14-7(2)10(12)13/h3-5,7H,1-2H3,(H2,12,13)/t7-/m1/s1. The van der Waals surface area contributed by atoms with Crippen molar-refractivity contribution in [3.8, 4) is 5.75 Å². The van der Waals surface area contributed by atoms with Gasteiger partial charge < -0.3 is 10.5 Å². The average Bonchev–Trinajstić information content (AvgIpc) is 2.09. The second-order valence-electron chi connectivity index (χ2n) is 3.07. The maximum absolute atomic E-state index is 10.8. The molecule has 0 unspecified atom stereocenters. The van der Waals surface area contributed by atoms with Crippen molar-refractivity contribution in [1.82, 2.24) is 0 Å². The van der Waals surface area contributed by atoms with Gasteiger partial charge in [0, 0.05) is 5.02 Å². The molecule has 1 aromatic carbocycles. The molecule has 1 atom stereocenters. The molecule has 0 spiro atoms. The third-order valence-electron chi connectivity index (χ3n) is 1.84. The summed E-state index contributed by atoms with van der Waals surface area (Å²) in [7, 11) is 0. The van der Waals surface area contributed by atoms with E-state index >= 15 is 0 Å². The number of halogens is 1. The second-order valence-corrected chi connectivity index (χ2v) is 3.51. The first kappa shape index (κ1) is 10.9. The Hall–Kier alpha value is -1.22. The smallest absolute Gasteiger partial charge is 0.258 e. The van der Waals surface area contributed by atoms with Crippen LogP contribution in [0.4, 0.5) is 0 Å². The lowest BCUT2D eigenvalue weighted by atomic mass is 10.2. The predicted octanol–water partition coefficient (Wildman–Crippen LogP) is 1.90. The third kappa shape index (κ3) is 2.64. The van der Waals surface area contributed by atoms with Crippen molar-refractivity contribution >= 4 is 17.5 Å². The van der Waals surface area contributed by atoms with E-state index in [1.807, 2.05) is 6.92 Å². The molecule has 0 aliphatic rings. The summed E-state index contributed by atoms with van der Waals surface area (Å²) in [5, 5.41) is 0.640. The first-order chi connectivity index (χ1) is 6.50. The fraction of sp³-hybridized carbons (Fsp3) is 0.300. The number of hydrogen-bond donors (Lipinski definition) is 1. The normalized spacial score (nSPS) is 12.2. The lowest BCUT2D eigenvalue weighted by molar-refractivity contribution is -0.123. The summed E-state index contributed by atoms with van der Waals surface area (Å²) in [6.07, 6.45) is -0.630. The van der Waals surface area contributed by atoms with Crippen LogP contribution in [-0.4, -0.2) is 12.0 Å². The maximum Gasteiger partial charge on any atom is 0.258 e. The van der Waals surface area contributed by atoms with Gasteiger partial charge in [0.1, 0.15) is 5.75 Å². The van der Waals surface area contributed by atoms with Crippen LogP contribution in [0.15, 0.2) is 18.2 Å². The molecule has 0 aliphatic heterocycles. The van der Waals surface area contributed by atoms with Gasteiger partial charge in [0.15, 0.2) is 6.10 Å². The molecule has 0 aliphatic carbocycles. The monoisotopic (exact) mass is 213 g/mol. The Bertz CT molecular complexity index is 352. The highest BCUT2D eigenvalue weighted by Gasteiger charge is 2.11. The number of carbonyl (C=O) groups is 1. The van der Waals surface area contributed by atoms with E-state index in [1.54, 1.807) is 25.1 Å². The van der Waals surface area contributed by atoms with E-state index in [-0.39, 0.29) is 0 Å². The van der Waals surface area contributed by atoms with Crippen LogP contribution in [0, 0.1) is 6.92 Å². The molecule has 4 heteroatoms. The zero-order chi connectivity index (χ0) is 10.7. The van der Waals surface area contributed by atoms with Gasteiger partial charge >= 0.3 is 0 Å². The van der Waals surface area contributed by atoms with Gasteiger partial charge in [0.2, 0.25) is 0 Å². The van der Waals surface area contributed by atoms with Gasteiger partial charge in [-0.3, -0.25) is 4.79 Å². The second kappa shape index (κ2) is 4.33. The van der Waals surface area contributed by atoms with Crippen molar-refractivity contribution in [3.63, 3.8) is 0 Å². The van der Waals surface area contributed by atoms with E-state index in [9.17, 15) is 4.79 Å². The number of hydrogen-bond acceptors (Lipinski definition) is 2. The van der Waals surface area contributed by atoms with E-state index in [0.717, 1.165) is 5.56 Å². The molecular weight excluding hydrogens is 202 g/mol. The van der Waals surface area contributed by atoms with E-state index in [0.29, 0.717) is 10.8 Å². The molecule has 0 heterocycles. The minimum atomic E-state index is -0.630. The largest absolute Gasteiger partial charge is 0.481 e. The van der Waals surface area contributed by atoms with Crippen molar-refractivity contribution < 1.29 is 9.53 Å². The molecule has 1 amide bonds. The van der Waals surface area contributed by atoms with Crippen LogP contribution in [0.2, 0.25) is 5.02 Å². The van der Waals surface area contributed by atoms with Crippen molar-refractivity contribution in [2.75, 3.05) is 0 Å². The zero-order valence-electron chi connectivity index (χ0n) is 8.08. The summed E-state index contributed by atoms with van der Waals surface area (Å²) >= 11 is 5.77. The molecule has 0 fully saturated rings. The Labute approximate surface area is 87.8 Å². The molecule has 1 rings (SSSR count). The van der Waals surface area contributed by atoms with Gasteiger partial charge in [0.05, 0.1) is 0 Å². The summed E-state index contributed by atoms with van der Waals surface area (Å²) in [5.74, 6) is 0.139. The van der Waals surface area contributed by atoms with E-state index in [1.165, 1.54) is 0 Å². The lowest BCUT2D eigenvalue weighted by Gasteiger charge is -2.13. The summed E-state index contributed by atoms with van der Waals surface area (Å²) < 4.78 is 5.33. The molecule has 1 aromatic rings. The number of amides is 1. The zero-order valence-corrected chi connectivity index (χ0v) is 8.84. The first-order valence-corrected chi connectivity index (χ1v) is 4.60. The highest BCUT2D eigenvalue weighted by molar-refractivity contribution is 6.30. The molecular formula is C10H12ClNO2. The minimum absolute atomic E-state index is 0.487. The van der Waals surface area contributed by atoms with Crippen molar-refractivity contribution in [3.05, 3.63) is 28.8 Å². The highest BCUT2D eigenvalue weighted by atomic mass is 35.5. The molecule has 0 saturated carbocycles. The Morgan fingerprint density at radius 1 is 1.57 bits per heavy atom. The molecule has 2 N–H and O–H groups in total. The van der Waals surface area contributed by atoms with Crippen LogP contribution >= 0.6 is 11.6 Å². The Balaban J connectivity index is 2.82. The fourth-order valence-corrected chi connectivity index (χ4v) is 1.22. The van der Waals surface area contributed by atoms with Crippen LogP contribution in [0.3, 0.4) is 0 Å². The Morgan fingerprint density at radius 3 is 2.71 bits per heavy atom. The van der Waals surface area contributed by atoms with Gasteiger partial charge in [0.25, 0.3) is 5.91 Å². The van der Waals surface area contributed by atoms with Gasteiger partial charge in [-0.1, -0.05) is 11.6 Å². The minimum Gasteiger partial charge on any atom is -0.481 e. The number of ether oxygens (including phenoxy) is 1. The third-order valence-corrected chi connectivity index (χ3v) is 2.08. The molecule has 76 valence electrons. The molecule has 14 heavy (non-hydrogen) atoms. The van der Waals surface area contributed by atoms with Crippen LogP contribution in [0.5, 0.6) is 5.75 Å². The topological polar surface area (TPSA) is 52.3 Å². The number of rotatable bonds is 3. The summed E-state index contributed by atoms with van der Waals surface area (Å²) in [5.41, 5.74) is 5.95. The van der Waals surface area contributed by atoms with Gasteiger partial charge in [-0.05, 0) is 37.6 Å². The van der Waals surface area contributed by atoms with Crippen LogP contribution in [-0.2, 0) is 4.79 Å². The van der Waals surface area contributed by atoms with Crippen LogP contribution in [0.25, 0.3) is 0 Å². The van der Waals surface area contributed by atoms with Crippen molar-refractivity contribution in [2.45, 2.75) is 20.0 Å². The first-order valence-electron chi connectivity index (χ1n) is 4.23. The lowest BCUT2D eigenvalue weighted by Crippen LogP contribution is -2.30. The molecule has 0 saturated heterocycles. The Morgan fingerprint density at radius 2 is 2.21 bits per heavy atom. The number of carbonyl (C=O) groups excluding carboxylic acids is 1. The SMILES string of the molecule is Cc1cc(Cl)ccc1O[C@H](C)C(N)=O. The Kier molecular flexibility index (Phi) is 3.36. The summed E-state index contributed by atoms with van der Waals surface area (Å²) in [6.45, 7) is 3.46. The van der Waals surface area contributed by atoms with Crippen LogP contribution in [0.1, 0.15) is 12.5 Å². The van der Waals surface area contributed by atoms with E-state index in [2.05, 4.69) is 0 Å². The maximum atomic E-state index is 10.8. The number of benzene rings is 1. The molecule has 0 bridgehead atoms. The molecule has 3 nitrogen and oxygen atoms in total. The summed E-state index contributed by atoms with van der Waals surface area (Å²) in [6, 6.07) is 5.19. The number of primary amides is 1. The summed E-state index contributed by atoms with van der Waals surface area (Å²) in [4.78, 5) is 10.8. The van der Waals surface area contributed by atoms with Gasteiger partial charge in [-0.25, -0.2) is 0 Å². The molecule has 0 aromatic heterocycles. The van der Waals surface area contributed by atoms with Crippen LogP contribution < -0.4 is 10.5 Å². The van der Waals surface area contributed by atoms with E-state index < -0.39 is 12.0 Å². The number of aryl methyl sites for hydroxylation is 1.